The molecule has 0 bridgehead atoms. The molecule has 0 radical (unpaired) electrons. The third-order valence-electron chi connectivity index (χ3n) is 1.68. The predicted octanol–water partition coefficient (Wildman–Crippen LogP) is -0.0727. The number of aromatic nitrogens is 1. The summed E-state index contributed by atoms with van der Waals surface area (Å²) in [6.07, 6.45) is 0. The second-order valence-electron chi connectivity index (χ2n) is 2.67. The molecule has 1 aromatic rings. The molecule has 2 N–H and O–H groups in total. The van der Waals surface area contributed by atoms with Crippen LogP contribution in [0.1, 0.15) is 16.1 Å². The van der Waals surface area contributed by atoms with Crippen molar-refractivity contribution in [3.8, 4) is 0 Å². The third-order valence-corrected chi connectivity index (χ3v) is 2.40. The van der Waals surface area contributed by atoms with E-state index in [9.17, 15) is 9.59 Å². The molecule has 0 spiro atoms. The molecule has 1 heterocycles. The Bertz CT molecular complexity index is 348. The summed E-state index contributed by atoms with van der Waals surface area (Å²) in [6, 6.07) is 0. The van der Waals surface area contributed by atoms with Crippen LogP contribution in [0.25, 0.3) is 0 Å². The van der Waals surface area contributed by atoms with E-state index in [-0.39, 0.29) is 18.4 Å². The molecule has 5 nitrogen and oxygen atoms in total. The van der Waals surface area contributed by atoms with Gasteiger partial charge in [-0.3, -0.25) is 9.59 Å². The summed E-state index contributed by atoms with van der Waals surface area (Å²) in [4.78, 5) is 22.3. The molecule has 1 aromatic heterocycles. The molecule has 1 rings (SSSR count). The summed E-state index contributed by atoms with van der Waals surface area (Å²) in [5.41, 5.74) is 1.21. The Morgan fingerprint density at radius 2 is 2.29 bits per heavy atom. The third kappa shape index (κ3) is 2.53. The minimum atomic E-state index is -0.264. The van der Waals surface area contributed by atoms with Crippen LogP contribution < -0.4 is 10.6 Å². The van der Waals surface area contributed by atoms with Crippen LogP contribution in [-0.4, -0.2) is 29.8 Å². The van der Waals surface area contributed by atoms with Crippen LogP contribution in [0.4, 0.5) is 0 Å². The SMILES string of the molecule is CNC(=O)CNC(=O)c1csnc1C. The van der Waals surface area contributed by atoms with E-state index in [1.165, 1.54) is 18.6 Å². The molecular weight excluding hydrogens is 202 g/mol. The van der Waals surface area contributed by atoms with Crippen molar-refractivity contribution >= 4 is 23.3 Å². The fraction of sp³-hybridized carbons (Fsp3) is 0.375. The summed E-state index contributed by atoms with van der Waals surface area (Å²) >= 11 is 1.22. The number of rotatable bonds is 3. The van der Waals surface area contributed by atoms with Crippen LogP contribution in [-0.2, 0) is 4.79 Å². The van der Waals surface area contributed by atoms with Gasteiger partial charge >= 0.3 is 0 Å². The minimum Gasteiger partial charge on any atom is -0.358 e. The molecule has 0 fully saturated rings. The number of hydrogen-bond acceptors (Lipinski definition) is 4. The van der Waals surface area contributed by atoms with Crippen molar-refractivity contribution in [1.29, 1.82) is 0 Å². The van der Waals surface area contributed by atoms with Crippen molar-refractivity contribution in [2.45, 2.75) is 6.92 Å². The van der Waals surface area contributed by atoms with Crippen LogP contribution >= 0.6 is 11.5 Å². The molecule has 0 atom stereocenters. The number of aryl methyl sites for hydroxylation is 1. The second kappa shape index (κ2) is 4.71. The van der Waals surface area contributed by atoms with E-state index in [0.717, 1.165) is 0 Å². The second-order valence-corrected chi connectivity index (χ2v) is 3.30. The zero-order valence-electron chi connectivity index (χ0n) is 7.96. The highest BCUT2D eigenvalue weighted by Gasteiger charge is 2.11. The quantitative estimate of drug-likeness (QED) is 0.738. The Hall–Kier alpha value is -1.43. The number of nitrogens with zero attached hydrogens (tertiary/aromatic N) is 1. The molecule has 14 heavy (non-hydrogen) atoms. The average molecular weight is 213 g/mol. The molecule has 0 saturated heterocycles. The normalized spacial score (nSPS) is 9.57. The van der Waals surface area contributed by atoms with E-state index in [1.807, 2.05) is 0 Å². The van der Waals surface area contributed by atoms with Crippen LogP contribution in [0.2, 0.25) is 0 Å². The molecule has 2 amide bonds. The van der Waals surface area contributed by atoms with Gasteiger partial charge in [0.2, 0.25) is 5.91 Å². The maximum atomic E-state index is 11.4. The molecule has 76 valence electrons. The molecule has 0 aliphatic heterocycles. The molecule has 0 saturated carbocycles. The number of carbonyl (C=O) groups is 2. The predicted molar refractivity (Wildman–Crippen MR) is 53.3 cm³/mol. The highest BCUT2D eigenvalue weighted by molar-refractivity contribution is 7.03. The molecule has 0 aliphatic carbocycles. The van der Waals surface area contributed by atoms with E-state index < -0.39 is 0 Å². The minimum absolute atomic E-state index is 0.00931. The topological polar surface area (TPSA) is 71.1 Å². The van der Waals surface area contributed by atoms with Crippen molar-refractivity contribution in [3.63, 3.8) is 0 Å². The van der Waals surface area contributed by atoms with Gasteiger partial charge < -0.3 is 10.6 Å². The Balaban J connectivity index is 2.52. The van der Waals surface area contributed by atoms with E-state index in [1.54, 1.807) is 12.3 Å². The van der Waals surface area contributed by atoms with Gasteiger partial charge in [0.15, 0.2) is 0 Å². The van der Waals surface area contributed by atoms with Gasteiger partial charge in [-0.05, 0) is 18.5 Å². The first-order valence-electron chi connectivity index (χ1n) is 4.05. The molecule has 6 heteroatoms. The first kappa shape index (κ1) is 10.6. The first-order chi connectivity index (χ1) is 6.65. The Labute approximate surface area is 85.7 Å². The largest absolute Gasteiger partial charge is 0.358 e. The Morgan fingerprint density at radius 3 is 2.79 bits per heavy atom. The van der Waals surface area contributed by atoms with Crippen LogP contribution in [0, 0.1) is 6.92 Å². The lowest BCUT2D eigenvalue weighted by Crippen LogP contribution is -2.35. The zero-order valence-corrected chi connectivity index (χ0v) is 8.77. The van der Waals surface area contributed by atoms with E-state index in [0.29, 0.717) is 11.3 Å². The van der Waals surface area contributed by atoms with Crippen molar-refractivity contribution in [2.75, 3.05) is 13.6 Å². The van der Waals surface area contributed by atoms with Crippen molar-refractivity contribution in [3.05, 3.63) is 16.6 Å². The highest BCUT2D eigenvalue weighted by Crippen LogP contribution is 2.08. The van der Waals surface area contributed by atoms with Gasteiger partial charge in [0.1, 0.15) is 0 Å². The molecule has 0 aliphatic rings. The zero-order chi connectivity index (χ0) is 10.6. The molecule has 0 aromatic carbocycles. The van der Waals surface area contributed by atoms with Crippen molar-refractivity contribution in [2.24, 2.45) is 0 Å². The van der Waals surface area contributed by atoms with Crippen LogP contribution in [0.3, 0.4) is 0 Å². The van der Waals surface area contributed by atoms with Gasteiger partial charge in [-0.2, -0.15) is 4.37 Å². The Morgan fingerprint density at radius 1 is 1.57 bits per heavy atom. The lowest BCUT2D eigenvalue weighted by Gasteiger charge is -2.02. The monoisotopic (exact) mass is 213 g/mol. The molecular formula is C8H11N3O2S. The van der Waals surface area contributed by atoms with E-state index in [2.05, 4.69) is 15.0 Å². The number of amides is 2. The van der Waals surface area contributed by atoms with Crippen LogP contribution in [0.5, 0.6) is 0 Å². The molecule has 0 unspecified atom stereocenters. The summed E-state index contributed by atoms with van der Waals surface area (Å²) in [5, 5.41) is 6.57. The summed E-state index contributed by atoms with van der Waals surface area (Å²) in [7, 11) is 1.52. The lowest BCUT2D eigenvalue weighted by molar-refractivity contribution is -0.119. The van der Waals surface area contributed by atoms with E-state index in [4.69, 9.17) is 0 Å². The van der Waals surface area contributed by atoms with Gasteiger partial charge in [0.25, 0.3) is 5.91 Å². The number of nitrogens with one attached hydrogen (secondary N) is 2. The summed E-state index contributed by atoms with van der Waals surface area (Å²) in [6.45, 7) is 1.75. The maximum absolute atomic E-state index is 11.4. The smallest absolute Gasteiger partial charge is 0.254 e. The fourth-order valence-corrected chi connectivity index (χ4v) is 1.55. The average Bonchev–Trinajstić information content (AvgIpc) is 2.60. The summed E-state index contributed by atoms with van der Waals surface area (Å²) < 4.78 is 3.97. The highest BCUT2D eigenvalue weighted by atomic mass is 32.1. The Kier molecular flexibility index (Phi) is 3.58. The van der Waals surface area contributed by atoms with E-state index >= 15 is 0 Å². The van der Waals surface area contributed by atoms with Crippen molar-refractivity contribution < 1.29 is 9.59 Å². The van der Waals surface area contributed by atoms with Gasteiger partial charge in [0, 0.05) is 12.4 Å². The number of carbonyl (C=O) groups excluding carboxylic acids is 2. The number of hydrogen-bond donors (Lipinski definition) is 2. The first-order valence-corrected chi connectivity index (χ1v) is 4.88. The van der Waals surface area contributed by atoms with Crippen LogP contribution in [0.15, 0.2) is 5.38 Å². The summed E-state index contributed by atoms with van der Waals surface area (Å²) in [5.74, 6) is -0.487. The van der Waals surface area contributed by atoms with Gasteiger partial charge in [-0.1, -0.05) is 0 Å². The standard InChI is InChI=1S/C8H11N3O2S/c1-5-6(4-14-11-5)8(13)10-3-7(12)9-2/h4H,3H2,1-2H3,(H,9,12)(H,10,13). The van der Waals surface area contributed by atoms with Gasteiger partial charge in [0.05, 0.1) is 17.8 Å². The maximum Gasteiger partial charge on any atom is 0.254 e. The van der Waals surface area contributed by atoms with Gasteiger partial charge in [-0.25, -0.2) is 0 Å². The number of likely N-dealkylation sites (N-methyl/N-ethyl adjacent to an activating group) is 1. The lowest BCUT2D eigenvalue weighted by atomic mass is 10.2. The van der Waals surface area contributed by atoms with Gasteiger partial charge in [-0.15, -0.1) is 0 Å². The van der Waals surface area contributed by atoms with Crippen molar-refractivity contribution in [1.82, 2.24) is 15.0 Å². The fourth-order valence-electron chi connectivity index (χ4n) is 0.855.